The average Bonchev–Trinajstić information content (AvgIpc) is 2.50. The smallest absolute Gasteiger partial charge is 0.240 e. The first-order chi connectivity index (χ1) is 9.93. The maximum atomic E-state index is 12.4. The Kier molecular flexibility index (Phi) is 7.20. The third-order valence-corrected chi connectivity index (χ3v) is 6.88. The van der Waals surface area contributed by atoms with Crippen LogP contribution in [0.15, 0.2) is 29.2 Å². The third kappa shape index (κ3) is 4.98. The highest BCUT2D eigenvalue weighted by molar-refractivity contribution is 8.00. The predicted molar refractivity (Wildman–Crippen MR) is 91.2 cm³/mol. The van der Waals surface area contributed by atoms with Gasteiger partial charge in [0.1, 0.15) is 0 Å². The van der Waals surface area contributed by atoms with Gasteiger partial charge >= 0.3 is 0 Å². The molecule has 0 spiro atoms. The summed E-state index contributed by atoms with van der Waals surface area (Å²) in [5.41, 5.74) is 0.961. The van der Waals surface area contributed by atoms with E-state index in [9.17, 15) is 8.42 Å². The molecule has 21 heavy (non-hydrogen) atoms. The summed E-state index contributed by atoms with van der Waals surface area (Å²) in [4.78, 5) is 0.331. The van der Waals surface area contributed by atoms with Crippen molar-refractivity contribution in [3.05, 3.63) is 29.8 Å². The molecule has 0 atom stereocenters. The van der Waals surface area contributed by atoms with Crippen molar-refractivity contribution in [3.63, 3.8) is 0 Å². The van der Waals surface area contributed by atoms with Crippen molar-refractivity contribution in [2.75, 3.05) is 19.8 Å². The second-order valence-corrected chi connectivity index (χ2v) is 8.14. The van der Waals surface area contributed by atoms with Crippen LogP contribution in [0.4, 0.5) is 0 Å². The Labute approximate surface area is 133 Å². The largest absolute Gasteiger partial charge is 0.316 e. The van der Waals surface area contributed by atoms with Crippen molar-refractivity contribution in [2.24, 2.45) is 0 Å². The van der Waals surface area contributed by atoms with Gasteiger partial charge in [-0.3, -0.25) is 0 Å². The number of benzene rings is 1. The van der Waals surface area contributed by atoms with E-state index in [1.807, 2.05) is 19.4 Å². The highest BCUT2D eigenvalue weighted by Crippen LogP contribution is 2.30. The molecule has 0 aliphatic heterocycles. The fourth-order valence-electron chi connectivity index (χ4n) is 2.20. The Morgan fingerprint density at radius 3 is 2.43 bits per heavy atom. The van der Waals surface area contributed by atoms with Gasteiger partial charge in [0.2, 0.25) is 10.0 Å². The zero-order valence-electron chi connectivity index (χ0n) is 13.3. The minimum Gasteiger partial charge on any atom is -0.316 e. The van der Waals surface area contributed by atoms with Gasteiger partial charge in [0.15, 0.2) is 0 Å². The predicted octanol–water partition coefficient (Wildman–Crippen LogP) is 2.61. The zero-order valence-corrected chi connectivity index (χ0v) is 14.9. The van der Waals surface area contributed by atoms with Crippen molar-refractivity contribution in [1.82, 2.24) is 10.0 Å². The molecule has 1 aromatic carbocycles. The number of rotatable bonds is 9. The summed E-state index contributed by atoms with van der Waals surface area (Å²) in [5.74, 6) is 0. The van der Waals surface area contributed by atoms with Crippen molar-refractivity contribution < 1.29 is 8.42 Å². The van der Waals surface area contributed by atoms with Crippen LogP contribution in [0.3, 0.4) is 0 Å². The summed E-state index contributed by atoms with van der Waals surface area (Å²) < 4.78 is 27.6. The SMILES string of the molecule is CCC(CC)(CNS(=O)(=O)c1cccc(CNC)c1)SC. The van der Waals surface area contributed by atoms with Crippen LogP contribution in [0.5, 0.6) is 0 Å². The molecule has 6 heteroatoms. The van der Waals surface area contributed by atoms with Crippen LogP contribution < -0.4 is 10.0 Å². The molecular formula is C15H26N2O2S2. The summed E-state index contributed by atoms with van der Waals surface area (Å²) in [6.45, 7) is 5.31. The summed E-state index contributed by atoms with van der Waals surface area (Å²) in [5, 5.41) is 3.03. The first kappa shape index (κ1) is 18.5. The van der Waals surface area contributed by atoms with Gasteiger partial charge in [0, 0.05) is 17.8 Å². The van der Waals surface area contributed by atoms with Gasteiger partial charge in [0.05, 0.1) is 4.90 Å². The number of nitrogens with one attached hydrogen (secondary N) is 2. The number of thioether (sulfide) groups is 1. The number of sulfonamides is 1. The molecule has 1 rings (SSSR count). The number of hydrogen-bond donors (Lipinski definition) is 2. The van der Waals surface area contributed by atoms with E-state index in [4.69, 9.17) is 0 Å². The summed E-state index contributed by atoms with van der Waals surface area (Å²) >= 11 is 1.73. The lowest BCUT2D eigenvalue weighted by molar-refractivity contribution is 0.522. The van der Waals surface area contributed by atoms with Gasteiger partial charge < -0.3 is 5.32 Å². The Bertz CT molecular complexity index is 532. The first-order valence-electron chi connectivity index (χ1n) is 7.21. The molecule has 4 nitrogen and oxygen atoms in total. The second-order valence-electron chi connectivity index (χ2n) is 5.10. The van der Waals surface area contributed by atoms with Crippen LogP contribution >= 0.6 is 11.8 Å². The molecule has 0 aromatic heterocycles. The molecule has 0 amide bonds. The van der Waals surface area contributed by atoms with E-state index in [0.29, 0.717) is 18.0 Å². The van der Waals surface area contributed by atoms with E-state index in [1.165, 1.54) is 0 Å². The van der Waals surface area contributed by atoms with Gasteiger partial charge in [-0.2, -0.15) is 11.8 Å². The molecule has 0 fully saturated rings. The van der Waals surface area contributed by atoms with Crippen LogP contribution in [-0.4, -0.2) is 33.0 Å². The molecule has 0 heterocycles. The molecule has 0 aliphatic rings. The molecular weight excluding hydrogens is 304 g/mol. The zero-order chi connectivity index (χ0) is 15.9. The molecule has 0 saturated carbocycles. The van der Waals surface area contributed by atoms with Crippen LogP contribution in [0, 0.1) is 0 Å². The van der Waals surface area contributed by atoms with Gasteiger partial charge in [-0.15, -0.1) is 0 Å². The average molecular weight is 331 g/mol. The second kappa shape index (κ2) is 8.17. The first-order valence-corrected chi connectivity index (χ1v) is 9.92. The lowest BCUT2D eigenvalue weighted by Crippen LogP contribution is -2.39. The Morgan fingerprint density at radius 2 is 1.90 bits per heavy atom. The lowest BCUT2D eigenvalue weighted by atomic mass is 10.0. The summed E-state index contributed by atoms with van der Waals surface area (Å²) in [7, 11) is -1.61. The highest BCUT2D eigenvalue weighted by Gasteiger charge is 2.27. The fraction of sp³-hybridized carbons (Fsp3) is 0.600. The van der Waals surface area contributed by atoms with E-state index >= 15 is 0 Å². The molecule has 120 valence electrons. The van der Waals surface area contributed by atoms with Crippen LogP contribution in [0.25, 0.3) is 0 Å². The maximum absolute atomic E-state index is 12.4. The van der Waals surface area contributed by atoms with Crippen molar-refractivity contribution in [3.8, 4) is 0 Å². The van der Waals surface area contributed by atoms with Gasteiger partial charge in [-0.1, -0.05) is 26.0 Å². The Hall–Kier alpha value is -0.560. The minimum absolute atomic E-state index is 0.0321. The van der Waals surface area contributed by atoms with Crippen LogP contribution in [-0.2, 0) is 16.6 Å². The monoisotopic (exact) mass is 330 g/mol. The fourth-order valence-corrected chi connectivity index (χ4v) is 4.28. The van der Waals surface area contributed by atoms with Crippen molar-refractivity contribution in [1.29, 1.82) is 0 Å². The van der Waals surface area contributed by atoms with Crippen LogP contribution in [0.1, 0.15) is 32.3 Å². The summed E-state index contributed by atoms with van der Waals surface area (Å²) in [6.07, 6.45) is 3.91. The van der Waals surface area contributed by atoms with Gasteiger partial charge in [-0.05, 0) is 43.8 Å². The van der Waals surface area contributed by atoms with Gasteiger partial charge in [0.25, 0.3) is 0 Å². The molecule has 0 saturated heterocycles. The van der Waals surface area contributed by atoms with E-state index in [0.717, 1.165) is 18.4 Å². The van der Waals surface area contributed by atoms with E-state index in [-0.39, 0.29) is 4.75 Å². The van der Waals surface area contributed by atoms with E-state index in [1.54, 1.807) is 30.0 Å². The standard InChI is InChI=1S/C15H26N2O2S2/c1-5-15(6-2,20-4)12-17-21(18,19)14-9-7-8-13(10-14)11-16-3/h7-10,16-17H,5-6,11-12H2,1-4H3. The normalized spacial score (nSPS) is 12.6. The van der Waals surface area contributed by atoms with Crippen LogP contribution in [0.2, 0.25) is 0 Å². The quantitative estimate of drug-likeness (QED) is 0.731. The van der Waals surface area contributed by atoms with Crippen molar-refractivity contribution in [2.45, 2.75) is 42.9 Å². The molecule has 2 N–H and O–H groups in total. The highest BCUT2D eigenvalue weighted by atomic mass is 32.2. The molecule has 0 aliphatic carbocycles. The topological polar surface area (TPSA) is 58.2 Å². The van der Waals surface area contributed by atoms with E-state index in [2.05, 4.69) is 23.9 Å². The lowest BCUT2D eigenvalue weighted by Gasteiger charge is -2.29. The molecule has 0 unspecified atom stereocenters. The maximum Gasteiger partial charge on any atom is 0.240 e. The van der Waals surface area contributed by atoms with Crippen molar-refractivity contribution >= 4 is 21.8 Å². The Morgan fingerprint density at radius 1 is 1.24 bits per heavy atom. The molecule has 0 bridgehead atoms. The van der Waals surface area contributed by atoms with E-state index < -0.39 is 10.0 Å². The van der Waals surface area contributed by atoms with Gasteiger partial charge in [-0.25, -0.2) is 13.1 Å². The minimum atomic E-state index is -3.46. The molecule has 1 aromatic rings. The Balaban J connectivity index is 2.89. The third-order valence-electron chi connectivity index (χ3n) is 3.90. The number of hydrogen-bond acceptors (Lipinski definition) is 4. The molecule has 0 radical (unpaired) electrons. The summed E-state index contributed by atoms with van der Waals surface area (Å²) in [6, 6.07) is 7.06.